The van der Waals surface area contributed by atoms with Gasteiger partial charge in [-0.25, -0.2) is 19.9 Å². The highest BCUT2D eigenvalue weighted by molar-refractivity contribution is 6.33. The molecule has 11 heterocycles. The Morgan fingerprint density at radius 3 is 0.819 bits per heavy atom. The van der Waals surface area contributed by atoms with Crippen LogP contribution < -0.4 is 45.1 Å². The van der Waals surface area contributed by atoms with Crippen LogP contribution in [0.15, 0.2) is 237 Å². The number of fused-ring (bicyclic) bond motifs is 4. The van der Waals surface area contributed by atoms with Crippen molar-refractivity contribution < 1.29 is 18.9 Å². The molecule has 0 aliphatic heterocycles. The molecule has 0 aliphatic carbocycles. The van der Waals surface area contributed by atoms with E-state index in [1.54, 1.807) is 60.9 Å². The van der Waals surface area contributed by atoms with Crippen LogP contribution in [-0.4, -0.2) is 96.8 Å². The van der Waals surface area contributed by atoms with E-state index in [0.29, 0.717) is 74.6 Å². The normalized spacial score (nSPS) is 10.9. The number of anilines is 9. The van der Waals surface area contributed by atoms with E-state index in [2.05, 4.69) is 179 Å². The van der Waals surface area contributed by atoms with Gasteiger partial charge in [0.15, 0.2) is 0 Å². The molecule has 11 aromatic heterocycles. The van der Waals surface area contributed by atoms with Gasteiger partial charge in [-0.15, -0.1) is 0 Å². The van der Waals surface area contributed by atoms with E-state index in [1.807, 2.05) is 255 Å². The van der Waals surface area contributed by atoms with Crippen molar-refractivity contribution in [2.45, 2.75) is 83.1 Å². The van der Waals surface area contributed by atoms with Crippen molar-refractivity contribution in [2.24, 2.45) is 42.3 Å². The van der Waals surface area contributed by atoms with E-state index in [1.165, 1.54) is 0 Å². The topological polar surface area (TPSA) is 355 Å². The summed E-state index contributed by atoms with van der Waals surface area (Å²) in [5.41, 5.74) is 33.9. The average molecular weight is 1920 g/mol. The molecule has 0 bridgehead atoms. The third-order valence-electron chi connectivity index (χ3n) is 24.9. The van der Waals surface area contributed by atoms with Gasteiger partial charge in [-0.1, -0.05) is 23.7 Å². The fourth-order valence-corrected chi connectivity index (χ4v) is 17.8. The molecule has 9 aromatic carbocycles. The molecule has 0 spiro atoms. The molecule has 30 nitrogen and oxygen atoms in total. The van der Waals surface area contributed by atoms with Crippen LogP contribution in [0.5, 0.6) is 46.5 Å². The second-order valence-electron chi connectivity index (χ2n) is 35.6. The highest BCUT2D eigenvalue weighted by Gasteiger charge is 2.26. The molecule has 0 amide bonds. The smallest absolute Gasteiger partial charge is 0.249 e. The van der Waals surface area contributed by atoms with Gasteiger partial charge in [0.25, 0.3) is 0 Å². The maximum Gasteiger partial charge on any atom is 0.249 e. The first-order valence-corrected chi connectivity index (χ1v) is 46.6. The Morgan fingerprint density at radius 2 is 0.576 bits per heavy atom. The van der Waals surface area contributed by atoms with Crippen LogP contribution in [0.3, 0.4) is 0 Å². The van der Waals surface area contributed by atoms with Crippen molar-refractivity contribution in [3.8, 4) is 115 Å². The molecule has 31 heteroatoms. The van der Waals surface area contributed by atoms with Gasteiger partial charge in [0, 0.05) is 150 Å². The van der Waals surface area contributed by atoms with Crippen LogP contribution in [-0.2, 0) is 42.3 Å². The van der Waals surface area contributed by atoms with Gasteiger partial charge in [0.1, 0.15) is 45.1 Å². The second-order valence-corrected chi connectivity index (χ2v) is 36.0. The number of ether oxygens (including phenoxy) is 4. The molecule has 20 aromatic rings. The van der Waals surface area contributed by atoms with Crippen LogP contribution in [0.25, 0.3) is 88.6 Å². The number of benzene rings is 9. The number of hydrogen-bond acceptors (Lipinski definition) is 24. The first-order chi connectivity index (χ1) is 69.2. The standard InChI is InChI=1S/C30H28N6O.2C28H27N7O.C27H21ClN6O/c1-19-16-23(22-8-12-25(13-9-22)35(3)4)17-20(2)28(19)37-29-27-26(14-15-36(27)5)33-30(34-29)32-24-10-6-21(18-31)7-11-24;2*1-16-13-21(24-18(3)33-35(6)19(24)4)14-17(2)26(16)36-27-25-23(11-12-34(25)5)31-28(32-27)30-22-9-7-20(15-29)8-10-22;1-16-12-19(21-8-10-30-15-22(21)28)13-17(2)25(16)35-26-24-23(9-11-34(24)3)32-27(33-26)31-20-6-4-18(14-29)5-7-20/h6-17H,1-5H3,(H,32,33,34);2*7-14H,1-6H3,(H,30,31,32);4-13,15H,1-3H3,(H,31,32,33). The van der Waals surface area contributed by atoms with Crippen molar-refractivity contribution >= 4 is 108 Å². The van der Waals surface area contributed by atoms with Crippen molar-refractivity contribution in [3.05, 3.63) is 332 Å². The Kier molecular flexibility index (Phi) is 27.8. The molecule has 0 saturated carbocycles. The minimum atomic E-state index is 0.402. The lowest BCUT2D eigenvalue weighted by atomic mass is 9.98. The van der Waals surface area contributed by atoms with Crippen molar-refractivity contribution in [3.63, 3.8) is 0 Å². The second kappa shape index (κ2) is 41.3. The van der Waals surface area contributed by atoms with Crippen molar-refractivity contribution in [2.75, 3.05) is 40.3 Å². The molecular weight excluding hydrogens is 1820 g/mol. The molecule has 0 saturated heterocycles. The van der Waals surface area contributed by atoms with E-state index in [9.17, 15) is 0 Å². The number of nitriles is 4. The summed E-state index contributed by atoms with van der Waals surface area (Å²) in [5, 5.41) is 58.8. The lowest BCUT2D eigenvalue weighted by Crippen LogP contribution is -2.07. The first-order valence-electron chi connectivity index (χ1n) is 46.2. The summed E-state index contributed by atoms with van der Waals surface area (Å²) < 4.78 is 37.5. The molecule has 0 fully saturated rings. The Hall–Kier alpha value is -18.5. The highest BCUT2D eigenvalue weighted by atomic mass is 35.5. The van der Waals surface area contributed by atoms with Crippen LogP contribution >= 0.6 is 11.6 Å². The quantitative estimate of drug-likeness (QED) is 0.0519. The van der Waals surface area contributed by atoms with E-state index < -0.39 is 0 Å². The van der Waals surface area contributed by atoms with Gasteiger partial charge in [0.05, 0.1) is 85.0 Å². The van der Waals surface area contributed by atoms with E-state index >= 15 is 0 Å². The zero-order valence-electron chi connectivity index (χ0n) is 83.4. The predicted molar refractivity (Wildman–Crippen MR) is 567 cm³/mol. The van der Waals surface area contributed by atoms with Crippen LogP contribution in [0.1, 0.15) is 89.5 Å². The number of aryl methyl sites for hydroxylation is 16. The van der Waals surface area contributed by atoms with Gasteiger partial charge in [-0.2, -0.15) is 51.2 Å². The molecule has 4 N–H and O–H groups in total. The summed E-state index contributed by atoms with van der Waals surface area (Å²) in [7, 11) is 15.8. The zero-order chi connectivity index (χ0) is 102. The third-order valence-corrected chi connectivity index (χ3v) is 25.2. The fourth-order valence-electron chi connectivity index (χ4n) is 17.5. The minimum absolute atomic E-state index is 0.402. The molecule has 0 atom stereocenters. The van der Waals surface area contributed by atoms with Gasteiger partial charge in [-0.3, -0.25) is 14.3 Å². The van der Waals surface area contributed by atoms with Gasteiger partial charge in [0.2, 0.25) is 47.3 Å². The minimum Gasteiger partial charge on any atom is -0.436 e. The number of nitrogens with zero attached hydrogens (tertiary/aromatic N) is 22. The first kappa shape index (κ1) is 97.1. The average Bonchev–Trinajstić information content (AvgIpc) is 1.66. The maximum atomic E-state index is 9.06. The molecule has 0 unspecified atom stereocenters. The van der Waals surface area contributed by atoms with E-state index in [4.69, 9.17) is 66.5 Å². The molecule has 20 rings (SSSR count). The summed E-state index contributed by atoms with van der Waals surface area (Å²) in [5.74, 6) is 6.56. The summed E-state index contributed by atoms with van der Waals surface area (Å²) >= 11 is 6.37. The Morgan fingerprint density at radius 1 is 0.312 bits per heavy atom. The number of hydrogen-bond donors (Lipinski definition) is 4. The van der Waals surface area contributed by atoms with E-state index in [-0.39, 0.29) is 0 Å². The maximum absolute atomic E-state index is 9.06. The SMILES string of the molecule is Cc1cc(-c2c(C)nn(C)c2C)cc(C)c1Oc1nc(Nc2ccc(C#N)cc2)nc2ccn(C)c12.Cc1cc(-c2c(C)nn(C)c2C)cc(C)c1Oc1nc(Nc2ccc(C#N)cc2)nc2ccn(C)c12.Cc1cc(-c2ccc(N(C)C)cc2)cc(C)c1Oc1nc(Nc2ccc(C#N)cc2)nc2ccn(C)c12.Cc1cc(-c2ccncc2Cl)cc(C)c1Oc1nc(Nc2ccc(C#N)cc2)nc2ccn(C)c12. The zero-order valence-corrected chi connectivity index (χ0v) is 84.1. The van der Waals surface area contributed by atoms with Crippen molar-refractivity contribution in [1.29, 1.82) is 21.0 Å². The highest BCUT2D eigenvalue weighted by Crippen LogP contribution is 2.44. The number of aromatic nitrogens is 17. The fraction of sp³-hybridized carbons (Fsp3) is 0.177. The summed E-state index contributed by atoms with van der Waals surface area (Å²) in [6, 6.07) is 72.2. The number of rotatable bonds is 21. The van der Waals surface area contributed by atoms with Gasteiger partial charge < -0.3 is 63.4 Å². The van der Waals surface area contributed by atoms with Crippen LogP contribution in [0, 0.1) is 128 Å². The largest absolute Gasteiger partial charge is 0.436 e. The molecule has 0 aliphatic rings. The Balaban J connectivity index is 0.000000132. The van der Waals surface area contributed by atoms with Gasteiger partial charge >= 0.3 is 0 Å². The lowest BCUT2D eigenvalue weighted by molar-refractivity contribution is 0.459. The summed E-state index contributed by atoms with van der Waals surface area (Å²) in [6.07, 6.45) is 11.1. The van der Waals surface area contributed by atoms with Crippen LogP contribution in [0.4, 0.5) is 52.2 Å². The third kappa shape index (κ3) is 20.8. The van der Waals surface area contributed by atoms with Gasteiger partial charge in [-0.05, 0) is 343 Å². The Labute approximate surface area is 838 Å². The van der Waals surface area contributed by atoms with Crippen molar-refractivity contribution in [1.82, 2.24) is 82.7 Å². The monoisotopic (exact) mass is 1920 g/mol. The Bertz CT molecular complexity index is 8170. The predicted octanol–water partition coefficient (Wildman–Crippen LogP) is 25.5. The summed E-state index contributed by atoms with van der Waals surface area (Å²) in [4.78, 5) is 43.6. The molecule has 0 radical (unpaired) electrons. The summed E-state index contributed by atoms with van der Waals surface area (Å²) in [6.45, 7) is 24.5. The molecule has 144 heavy (non-hydrogen) atoms. The number of halogens is 1. The number of pyridine rings is 1. The molecule has 716 valence electrons. The lowest BCUT2D eigenvalue weighted by Gasteiger charge is -2.16. The van der Waals surface area contributed by atoms with E-state index in [0.717, 1.165) is 207 Å². The molecular formula is C113H103ClN26O4. The number of nitrogens with one attached hydrogen (secondary N) is 4. The van der Waals surface area contributed by atoms with Crippen LogP contribution in [0.2, 0.25) is 5.02 Å².